The monoisotopic (exact) mass is 978 g/mol. The molecule has 3 N–H and O–H groups in total. The van der Waals surface area contributed by atoms with Crippen molar-refractivity contribution in [3.05, 3.63) is 89.2 Å². The molecule has 0 unspecified atom stereocenters. The van der Waals surface area contributed by atoms with E-state index in [1.54, 1.807) is 46.9 Å². The highest BCUT2D eigenvalue weighted by molar-refractivity contribution is 7.81. The molecule has 3 atom stereocenters. The van der Waals surface area contributed by atoms with Crippen molar-refractivity contribution in [3.63, 3.8) is 0 Å². The third kappa shape index (κ3) is 11.9. The second-order valence-electron chi connectivity index (χ2n) is 17.8. The topological polar surface area (TPSA) is 213 Å². The van der Waals surface area contributed by atoms with Crippen LogP contribution in [-0.4, -0.2) is 112 Å². The number of β-amino-alcohol motifs (C(OH)–C–C–N with tert-alkyl or cyclic N) is 1. The molecule has 4 heterocycles. The van der Waals surface area contributed by atoms with Gasteiger partial charge in [0.1, 0.15) is 41.0 Å². The van der Waals surface area contributed by atoms with Crippen LogP contribution in [0.25, 0.3) is 11.3 Å². The number of pyridine rings is 1. The number of hydrogen-bond donors (Lipinski definition) is 3. The maximum absolute atomic E-state index is 15.3. The Kier molecular flexibility index (Phi) is 16.8. The van der Waals surface area contributed by atoms with E-state index in [1.807, 2.05) is 24.3 Å². The van der Waals surface area contributed by atoms with Gasteiger partial charge in [0.25, 0.3) is 5.91 Å². The molecule has 2 aliphatic heterocycles. The molecule has 6 rings (SSSR count). The van der Waals surface area contributed by atoms with Crippen LogP contribution in [0.3, 0.4) is 0 Å². The van der Waals surface area contributed by atoms with Gasteiger partial charge in [0, 0.05) is 56.6 Å². The minimum Gasteiger partial charge on any atom is -0.491 e. The van der Waals surface area contributed by atoms with Crippen LogP contribution < -0.4 is 25.2 Å². The van der Waals surface area contributed by atoms with Crippen molar-refractivity contribution in [1.82, 2.24) is 25.5 Å². The quantitative estimate of drug-likeness (QED) is 0.0701. The number of oxazole rings is 1. The van der Waals surface area contributed by atoms with Crippen molar-refractivity contribution in [1.29, 1.82) is 5.26 Å². The number of ether oxygens (including phenoxy) is 3. The summed E-state index contributed by atoms with van der Waals surface area (Å²) in [6.45, 7) is 9.51. The minimum absolute atomic E-state index is 0.0182. The number of anilines is 2. The third-order valence-electron chi connectivity index (χ3n) is 11.3. The highest BCUT2D eigenvalue weighted by Crippen LogP contribution is 2.39. The lowest BCUT2D eigenvalue weighted by Crippen LogP contribution is -2.58. The summed E-state index contributed by atoms with van der Waals surface area (Å²) in [7, 11) is 0. The first-order valence-electron chi connectivity index (χ1n) is 21.9. The molecule has 21 heteroatoms. The zero-order chi connectivity index (χ0) is 49.3. The predicted octanol–water partition coefficient (Wildman–Crippen LogP) is 5.85. The minimum atomic E-state index is -1.35. The molecule has 4 aromatic rings. The number of aliphatic hydroxyl groups is 1. The fourth-order valence-corrected chi connectivity index (χ4v) is 8.37. The van der Waals surface area contributed by atoms with E-state index in [1.165, 1.54) is 34.4 Å². The number of rotatable bonds is 20. The molecule has 17 nitrogen and oxygen atoms in total. The number of likely N-dealkylation sites (tertiary alicyclic amines) is 1. The highest BCUT2D eigenvalue weighted by atomic mass is 35.5. The van der Waals surface area contributed by atoms with E-state index >= 15 is 8.78 Å². The number of nitrogens with zero attached hydrogens (tertiary/aromatic N) is 6. The van der Waals surface area contributed by atoms with Gasteiger partial charge in [0.15, 0.2) is 40.3 Å². The number of aliphatic hydroxyl groups excluding tert-OH is 1. The van der Waals surface area contributed by atoms with Crippen LogP contribution in [0.1, 0.15) is 71.6 Å². The zero-order valence-electron chi connectivity index (χ0n) is 38.2. The Bertz CT molecular complexity index is 2520. The number of nitrogens with one attached hydrogen (secondary N) is 2. The third-order valence-corrected chi connectivity index (χ3v) is 12.0. The van der Waals surface area contributed by atoms with Gasteiger partial charge in [-0.1, -0.05) is 56.6 Å². The maximum Gasteiger partial charge on any atom is 0.259 e. The van der Waals surface area contributed by atoms with Crippen molar-refractivity contribution in [3.8, 4) is 23.1 Å². The molecule has 0 aliphatic carbocycles. The van der Waals surface area contributed by atoms with E-state index in [0.717, 1.165) is 22.2 Å². The fraction of sp³-hybridized carbons (Fsp3) is 0.447. The van der Waals surface area contributed by atoms with Crippen molar-refractivity contribution in [2.45, 2.75) is 90.6 Å². The number of amides is 4. The lowest BCUT2D eigenvalue weighted by molar-refractivity contribution is -0.144. The van der Waals surface area contributed by atoms with E-state index in [9.17, 15) is 24.3 Å². The summed E-state index contributed by atoms with van der Waals surface area (Å²) >= 11 is 11.5. The Labute approximate surface area is 402 Å². The number of benzene rings is 2. The second-order valence-corrected chi connectivity index (χ2v) is 18.5. The lowest BCUT2D eigenvalue weighted by atomic mass is 9.85. The van der Waals surface area contributed by atoms with Crippen molar-refractivity contribution in [2.75, 3.05) is 49.4 Å². The number of unbranched alkanes of at least 4 members (excludes halogenated alkanes) is 1. The molecule has 4 amide bonds. The number of halogens is 3. The Morgan fingerprint density at radius 3 is 2.44 bits per heavy atom. The number of hydrogen-bond acceptors (Lipinski definition) is 13. The van der Waals surface area contributed by atoms with Gasteiger partial charge in [-0.15, -0.1) is 0 Å². The largest absolute Gasteiger partial charge is 0.491 e. The van der Waals surface area contributed by atoms with Crippen LogP contribution in [0, 0.1) is 28.4 Å². The van der Waals surface area contributed by atoms with E-state index in [4.69, 9.17) is 47.7 Å². The summed E-state index contributed by atoms with van der Waals surface area (Å²) in [4.78, 5) is 65.1. The molecular weight excluding hydrogens is 926 g/mol. The Morgan fingerprint density at radius 2 is 1.76 bits per heavy atom. The Hall–Kier alpha value is -6.11. The van der Waals surface area contributed by atoms with E-state index in [-0.39, 0.29) is 67.3 Å². The molecular formula is C47H53ClF2N8O9S. The van der Waals surface area contributed by atoms with Gasteiger partial charge < -0.3 is 44.2 Å². The first-order valence-corrected chi connectivity index (χ1v) is 22.7. The summed E-state index contributed by atoms with van der Waals surface area (Å²) in [5.74, 6) is -3.16. The molecule has 2 saturated heterocycles. The van der Waals surface area contributed by atoms with E-state index < -0.39 is 69.4 Å². The molecule has 2 fully saturated rings. The van der Waals surface area contributed by atoms with Crippen LogP contribution >= 0.6 is 23.8 Å². The SMILES string of the molecule is CC(C)(C)[C@H](NC(=O)COCCCOCCCCOc1ccc(N2C(=S)N(c3cnc(C#N)c(Cl)c3F)C(=O)C2(C)C)cc1F)C(=O)N1C[C@H](O)C[C@H]1C(=O)NCc1ccc(-c2cnco2)cc1. The Balaban J connectivity index is 0.872. The van der Waals surface area contributed by atoms with Crippen LogP contribution in [0.5, 0.6) is 5.75 Å². The van der Waals surface area contributed by atoms with Gasteiger partial charge in [-0.2, -0.15) is 5.26 Å². The summed E-state index contributed by atoms with van der Waals surface area (Å²) in [6.07, 6.45) is 4.75. The number of carbonyl (C=O) groups excluding carboxylic acids is 4. The van der Waals surface area contributed by atoms with E-state index in [2.05, 4.69) is 20.6 Å². The van der Waals surface area contributed by atoms with E-state index in [0.29, 0.717) is 38.2 Å². The highest BCUT2D eigenvalue weighted by Gasteiger charge is 2.51. The molecule has 0 spiro atoms. The van der Waals surface area contributed by atoms with Crippen molar-refractivity contribution < 1.29 is 51.7 Å². The number of nitriles is 1. The molecule has 0 radical (unpaired) electrons. The first kappa shape index (κ1) is 51.3. The molecule has 0 saturated carbocycles. The maximum atomic E-state index is 15.3. The van der Waals surface area contributed by atoms with Crippen LogP contribution in [0.15, 0.2) is 65.7 Å². The fourth-order valence-electron chi connectivity index (χ4n) is 7.67. The standard InChI is InChI=1S/C47H53ClF2N8O9S/c1-46(2,3)41(43(62)56-25-31(59)20-34(56)42(61)54-22-28-9-11-29(12-10-28)37-24-52-27-67-37)55-38(60)26-65-17-8-16-64-15-6-7-18-66-36-14-13-30(19-32(36)49)58-45(68)57(44(63)47(58,4)5)35-23-53-33(21-51)39(48)40(35)50/h9-14,19,23-24,27,31,34,41,59H,6-8,15-18,20,22,25-26H2,1-5H3,(H,54,61)(H,55,60)/t31-,34+,41-/m1/s1. The van der Waals surface area contributed by atoms with Crippen molar-refractivity contribution >= 4 is 63.9 Å². The molecule has 362 valence electrons. The van der Waals surface area contributed by atoms with Gasteiger partial charge in [-0.25, -0.2) is 18.7 Å². The van der Waals surface area contributed by atoms with Gasteiger partial charge in [0.2, 0.25) is 17.7 Å². The van der Waals surface area contributed by atoms with Crippen molar-refractivity contribution in [2.24, 2.45) is 5.41 Å². The summed E-state index contributed by atoms with van der Waals surface area (Å²) in [5.41, 5.74) is -0.874. The number of aromatic nitrogens is 2. The summed E-state index contributed by atoms with van der Waals surface area (Å²) in [5, 5.41) is 24.6. The average molecular weight is 980 g/mol. The lowest BCUT2D eigenvalue weighted by Gasteiger charge is -2.35. The summed E-state index contributed by atoms with van der Waals surface area (Å²) in [6, 6.07) is 11.3. The number of carbonyl (C=O) groups is 4. The molecule has 0 bridgehead atoms. The average Bonchev–Trinajstić information content (AvgIpc) is 4.02. The smallest absolute Gasteiger partial charge is 0.259 e. The van der Waals surface area contributed by atoms with Gasteiger partial charge in [-0.3, -0.25) is 24.1 Å². The molecule has 2 aromatic carbocycles. The van der Waals surface area contributed by atoms with Gasteiger partial charge in [0.05, 0.1) is 25.1 Å². The zero-order valence-corrected chi connectivity index (χ0v) is 39.8. The molecule has 68 heavy (non-hydrogen) atoms. The molecule has 2 aromatic heterocycles. The van der Waals surface area contributed by atoms with Gasteiger partial charge >= 0.3 is 0 Å². The van der Waals surface area contributed by atoms with Gasteiger partial charge in [-0.05, 0) is 68.4 Å². The second kappa shape index (κ2) is 22.3. The predicted molar refractivity (Wildman–Crippen MR) is 249 cm³/mol. The van der Waals surface area contributed by atoms with Crippen LogP contribution in [0.2, 0.25) is 5.02 Å². The Morgan fingerprint density at radius 1 is 1.06 bits per heavy atom. The summed E-state index contributed by atoms with van der Waals surface area (Å²) < 4.78 is 52.6. The normalized spacial score (nSPS) is 17.3. The van der Waals surface area contributed by atoms with Crippen LogP contribution in [-0.2, 0) is 35.2 Å². The molecule has 2 aliphatic rings. The number of thiocarbonyl (C=S) groups is 1. The van der Waals surface area contributed by atoms with Crippen LogP contribution in [0.4, 0.5) is 20.2 Å². The first-order chi connectivity index (χ1) is 32.3.